The van der Waals surface area contributed by atoms with Gasteiger partial charge in [0, 0.05) is 37.5 Å². The molecule has 3 nitrogen and oxygen atoms in total. The molecule has 1 aromatic carbocycles. The molecule has 2 aliphatic rings. The zero-order valence-corrected chi connectivity index (χ0v) is 15.3. The number of nitrogens with one attached hydrogen (secondary N) is 1. The SMILES string of the molecule is Cl.Cl.c1csc([C@H](c2ccc3c(c2)CCO3)N2CCNCC2)c1. The van der Waals surface area contributed by atoms with E-state index < -0.39 is 0 Å². The molecule has 1 aromatic heterocycles. The quantitative estimate of drug-likeness (QED) is 0.891. The highest BCUT2D eigenvalue weighted by molar-refractivity contribution is 7.10. The van der Waals surface area contributed by atoms with Crippen molar-refractivity contribution in [1.82, 2.24) is 10.2 Å². The lowest BCUT2D eigenvalue weighted by Gasteiger charge is -2.35. The molecule has 1 N–H and O–H groups in total. The van der Waals surface area contributed by atoms with Crippen LogP contribution in [0.3, 0.4) is 0 Å². The third kappa shape index (κ3) is 3.83. The molecule has 0 bridgehead atoms. The minimum Gasteiger partial charge on any atom is -0.493 e. The first-order chi connectivity index (χ1) is 10.4. The third-order valence-corrected chi connectivity index (χ3v) is 5.28. The van der Waals surface area contributed by atoms with E-state index in [1.165, 1.54) is 16.0 Å². The van der Waals surface area contributed by atoms with Crippen LogP contribution in [0.1, 0.15) is 22.0 Å². The largest absolute Gasteiger partial charge is 0.493 e. The van der Waals surface area contributed by atoms with Gasteiger partial charge in [-0.3, -0.25) is 4.90 Å². The summed E-state index contributed by atoms with van der Waals surface area (Å²) in [7, 11) is 0. The summed E-state index contributed by atoms with van der Waals surface area (Å²) in [5.74, 6) is 1.07. The Hall–Kier alpha value is -0.780. The van der Waals surface area contributed by atoms with Crippen molar-refractivity contribution in [1.29, 1.82) is 0 Å². The van der Waals surface area contributed by atoms with Crippen molar-refractivity contribution in [2.75, 3.05) is 32.8 Å². The highest BCUT2D eigenvalue weighted by atomic mass is 35.5. The van der Waals surface area contributed by atoms with Crippen LogP contribution in [-0.4, -0.2) is 37.7 Å². The van der Waals surface area contributed by atoms with Crippen molar-refractivity contribution >= 4 is 36.2 Å². The monoisotopic (exact) mass is 372 g/mol. The second kappa shape index (κ2) is 8.36. The number of fused-ring (bicyclic) bond motifs is 1. The van der Waals surface area contributed by atoms with Crippen molar-refractivity contribution in [2.24, 2.45) is 0 Å². The minimum atomic E-state index is 0. The van der Waals surface area contributed by atoms with Crippen LogP contribution in [0.25, 0.3) is 0 Å². The van der Waals surface area contributed by atoms with E-state index in [2.05, 4.69) is 45.9 Å². The molecule has 1 saturated heterocycles. The molecule has 23 heavy (non-hydrogen) atoms. The summed E-state index contributed by atoms with van der Waals surface area (Å²) >= 11 is 1.86. The molecular weight excluding hydrogens is 351 g/mol. The minimum absolute atomic E-state index is 0. The highest BCUT2D eigenvalue weighted by Crippen LogP contribution is 2.35. The first-order valence-corrected chi connectivity index (χ1v) is 8.53. The lowest BCUT2D eigenvalue weighted by molar-refractivity contribution is 0.200. The van der Waals surface area contributed by atoms with Gasteiger partial charge in [-0.15, -0.1) is 36.2 Å². The molecule has 4 rings (SSSR count). The molecule has 0 unspecified atom stereocenters. The Bertz CT molecular complexity index is 615. The van der Waals surface area contributed by atoms with Crippen LogP contribution in [0.5, 0.6) is 5.75 Å². The van der Waals surface area contributed by atoms with Crippen LogP contribution in [0.2, 0.25) is 0 Å². The van der Waals surface area contributed by atoms with Gasteiger partial charge in [0.25, 0.3) is 0 Å². The van der Waals surface area contributed by atoms with Gasteiger partial charge in [0.15, 0.2) is 0 Å². The number of benzene rings is 1. The van der Waals surface area contributed by atoms with E-state index in [9.17, 15) is 0 Å². The summed E-state index contributed by atoms with van der Waals surface area (Å²) in [6, 6.07) is 11.6. The maximum absolute atomic E-state index is 5.65. The van der Waals surface area contributed by atoms with Gasteiger partial charge in [-0.05, 0) is 28.6 Å². The van der Waals surface area contributed by atoms with E-state index in [0.29, 0.717) is 6.04 Å². The van der Waals surface area contributed by atoms with Gasteiger partial charge in [0.05, 0.1) is 12.6 Å². The van der Waals surface area contributed by atoms with Crippen LogP contribution in [0, 0.1) is 0 Å². The zero-order chi connectivity index (χ0) is 14.1. The molecule has 0 saturated carbocycles. The van der Waals surface area contributed by atoms with Crippen molar-refractivity contribution in [3.63, 3.8) is 0 Å². The van der Waals surface area contributed by atoms with Crippen LogP contribution in [0.15, 0.2) is 35.7 Å². The van der Waals surface area contributed by atoms with E-state index in [1.807, 2.05) is 11.3 Å². The maximum atomic E-state index is 5.65. The third-order valence-electron chi connectivity index (χ3n) is 4.36. The number of nitrogens with zero attached hydrogens (tertiary/aromatic N) is 1. The number of hydrogen-bond acceptors (Lipinski definition) is 4. The Kier molecular flexibility index (Phi) is 6.74. The molecule has 6 heteroatoms. The van der Waals surface area contributed by atoms with Crippen molar-refractivity contribution in [3.05, 3.63) is 51.7 Å². The summed E-state index contributed by atoms with van der Waals surface area (Å²) in [6.45, 7) is 5.20. The number of thiophene rings is 1. The topological polar surface area (TPSA) is 24.5 Å². The number of hydrogen-bond donors (Lipinski definition) is 1. The van der Waals surface area contributed by atoms with E-state index in [0.717, 1.165) is 45.0 Å². The summed E-state index contributed by atoms with van der Waals surface area (Å²) in [5.41, 5.74) is 2.77. The van der Waals surface area contributed by atoms with Gasteiger partial charge in [-0.25, -0.2) is 0 Å². The first kappa shape index (κ1) is 18.6. The van der Waals surface area contributed by atoms with E-state index in [4.69, 9.17) is 4.74 Å². The fraction of sp³-hybridized carbons (Fsp3) is 0.412. The standard InChI is InChI=1S/C17H20N2OS.2ClH/c1-2-16(21-11-1)17(19-8-6-18-7-9-19)14-3-4-15-13(12-14)5-10-20-15;;/h1-4,11-12,17-18H,5-10H2;2*1H/t17-;;/m0../s1. The molecule has 0 aliphatic carbocycles. The van der Waals surface area contributed by atoms with Gasteiger partial charge in [0.2, 0.25) is 0 Å². The number of rotatable bonds is 3. The maximum Gasteiger partial charge on any atom is 0.122 e. The smallest absolute Gasteiger partial charge is 0.122 e. The molecule has 0 radical (unpaired) electrons. The van der Waals surface area contributed by atoms with Gasteiger partial charge in [-0.1, -0.05) is 18.2 Å². The molecule has 0 amide bonds. The van der Waals surface area contributed by atoms with E-state index >= 15 is 0 Å². The molecule has 3 heterocycles. The Morgan fingerprint density at radius 3 is 2.70 bits per heavy atom. The fourth-order valence-corrected chi connectivity index (χ4v) is 4.20. The van der Waals surface area contributed by atoms with Crippen LogP contribution in [-0.2, 0) is 6.42 Å². The summed E-state index contributed by atoms with van der Waals surface area (Å²) in [6.07, 6.45) is 1.04. The first-order valence-electron chi connectivity index (χ1n) is 7.65. The van der Waals surface area contributed by atoms with Gasteiger partial charge >= 0.3 is 0 Å². The summed E-state index contributed by atoms with van der Waals surface area (Å²) in [5, 5.41) is 5.63. The van der Waals surface area contributed by atoms with Crippen molar-refractivity contribution in [2.45, 2.75) is 12.5 Å². The second-order valence-corrected chi connectivity index (χ2v) is 6.65. The predicted octanol–water partition coefficient (Wildman–Crippen LogP) is 3.52. The van der Waals surface area contributed by atoms with Gasteiger partial charge in [-0.2, -0.15) is 0 Å². The highest BCUT2D eigenvalue weighted by Gasteiger charge is 2.26. The lowest BCUT2D eigenvalue weighted by atomic mass is 9.99. The normalized spacial score (nSPS) is 18.3. The number of ether oxygens (including phenoxy) is 1. The average molecular weight is 373 g/mol. The Morgan fingerprint density at radius 2 is 1.96 bits per heavy atom. The number of piperazine rings is 1. The lowest BCUT2D eigenvalue weighted by Crippen LogP contribution is -2.45. The molecular formula is C17H22Cl2N2OS. The molecule has 0 spiro atoms. The Morgan fingerprint density at radius 1 is 1.13 bits per heavy atom. The van der Waals surface area contributed by atoms with Crippen LogP contribution >= 0.6 is 36.2 Å². The average Bonchev–Trinajstić information content (AvgIpc) is 3.19. The summed E-state index contributed by atoms with van der Waals surface area (Å²) in [4.78, 5) is 4.04. The fourth-order valence-electron chi connectivity index (χ4n) is 3.32. The van der Waals surface area contributed by atoms with Gasteiger partial charge in [0.1, 0.15) is 5.75 Å². The van der Waals surface area contributed by atoms with Crippen LogP contribution in [0.4, 0.5) is 0 Å². The molecule has 2 aliphatic heterocycles. The zero-order valence-electron chi connectivity index (χ0n) is 12.9. The molecule has 1 fully saturated rings. The molecule has 2 aromatic rings. The second-order valence-electron chi connectivity index (χ2n) is 5.67. The Balaban J connectivity index is 0.000000960. The summed E-state index contributed by atoms with van der Waals surface area (Å²) < 4.78 is 5.65. The predicted molar refractivity (Wildman–Crippen MR) is 101 cm³/mol. The van der Waals surface area contributed by atoms with Crippen molar-refractivity contribution in [3.8, 4) is 5.75 Å². The Labute approximate surface area is 153 Å². The van der Waals surface area contributed by atoms with Crippen LogP contribution < -0.4 is 10.1 Å². The van der Waals surface area contributed by atoms with Gasteiger partial charge < -0.3 is 10.1 Å². The number of halogens is 2. The molecule has 1 atom stereocenters. The van der Waals surface area contributed by atoms with Crippen molar-refractivity contribution < 1.29 is 4.74 Å². The van der Waals surface area contributed by atoms with E-state index in [-0.39, 0.29) is 24.8 Å². The molecule has 126 valence electrons. The van der Waals surface area contributed by atoms with E-state index in [1.54, 1.807) is 0 Å².